The summed E-state index contributed by atoms with van der Waals surface area (Å²) in [5, 5.41) is 4.43. The summed E-state index contributed by atoms with van der Waals surface area (Å²) < 4.78 is 64.7. The van der Waals surface area contributed by atoms with Crippen LogP contribution >= 0.6 is 0 Å². The molecule has 0 N–H and O–H groups in total. The molecule has 2 heterocycles. The molecular weight excluding hydrogens is 476 g/mol. The number of halogens is 4. The van der Waals surface area contributed by atoms with Crippen LogP contribution in [0.2, 0.25) is 0 Å². The fourth-order valence-corrected chi connectivity index (χ4v) is 3.81. The normalized spacial score (nSPS) is 12.2. The first-order valence-corrected chi connectivity index (χ1v) is 11.2. The number of methoxy groups -OCH3 is 1. The van der Waals surface area contributed by atoms with E-state index in [1.54, 1.807) is 19.4 Å². The average molecular weight is 500 g/mol. The summed E-state index contributed by atoms with van der Waals surface area (Å²) in [6.45, 7) is 3.87. The Kier molecular flexibility index (Phi) is 6.60. The molecule has 0 unspecified atom stereocenters. The van der Waals surface area contributed by atoms with Crippen molar-refractivity contribution in [3.05, 3.63) is 77.1 Å². The minimum atomic E-state index is -4.54. The van der Waals surface area contributed by atoms with E-state index < -0.39 is 23.2 Å². The lowest BCUT2D eigenvalue weighted by atomic mass is 9.89. The molecule has 188 valence electrons. The van der Waals surface area contributed by atoms with E-state index in [1.165, 1.54) is 12.1 Å². The Labute approximate surface area is 205 Å². The van der Waals surface area contributed by atoms with Gasteiger partial charge in [0.2, 0.25) is 0 Å². The van der Waals surface area contributed by atoms with Crippen molar-refractivity contribution < 1.29 is 31.6 Å². The molecular formula is C27H24F4N2O3. The maximum absolute atomic E-state index is 14.9. The minimum Gasteiger partial charge on any atom is -0.496 e. The third-order valence-corrected chi connectivity index (χ3v) is 6.23. The third-order valence-electron chi connectivity index (χ3n) is 6.23. The number of ether oxygens (including phenoxy) is 1. The molecule has 0 spiro atoms. The van der Waals surface area contributed by atoms with E-state index in [0.717, 1.165) is 42.1 Å². The molecule has 0 atom stereocenters. The average Bonchev–Trinajstić information content (AvgIpc) is 3.28. The van der Waals surface area contributed by atoms with Gasteiger partial charge in [-0.2, -0.15) is 13.2 Å². The van der Waals surface area contributed by atoms with E-state index in [9.17, 15) is 22.4 Å². The zero-order chi connectivity index (χ0) is 26.3. The van der Waals surface area contributed by atoms with Crippen LogP contribution in [0.1, 0.15) is 36.4 Å². The highest BCUT2D eigenvalue weighted by Gasteiger charge is 2.51. The van der Waals surface area contributed by atoms with E-state index in [0.29, 0.717) is 11.1 Å². The second-order valence-corrected chi connectivity index (χ2v) is 9.24. The number of fused-ring (bicyclic) bond motifs is 1. The van der Waals surface area contributed by atoms with Crippen LogP contribution in [0.5, 0.6) is 5.75 Å². The lowest BCUT2D eigenvalue weighted by molar-refractivity contribution is -0.185. The van der Waals surface area contributed by atoms with E-state index in [-0.39, 0.29) is 29.9 Å². The molecule has 4 aromatic rings. The molecule has 0 fully saturated rings. The smallest absolute Gasteiger partial charge is 0.401 e. The SMILES string of the molecule is COc1cc2cc(-c3ccc(CC(=O)Cc4cc(C(C)(C)C(F)(F)F)on4)c(F)c3)cnc2cc1C. The number of pyridine rings is 1. The van der Waals surface area contributed by atoms with Crippen molar-refractivity contribution in [1.82, 2.24) is 10.1 Å². The summed E-state index contributed by atoms with van der Waals surface area (Å²) in [6.07, 6.45) is -3.39. The van der Waals surface area contributed by atoms with Crippen LogP contribution in [0.3, 0.4) is 0 Å². The van der Waals surface area contributed by atoms with Crippen molar-refractivity contribution >= 4 is 16.7 Å². The first-order valence-electron chi connectivity index (χ1n) is 11.2. The number of hydrogen-bond acceptors (Lipinski definition) is 5. The summed E-state index contributed by atoms with van der Waals surface area (Å²) in [4.78, 5) is 16.9. The molecule has 0 saturated heterocycles. The molecule has 0 radical (unpaired) electrons. The monoisotopic (exact) mass is 500 g/mol. The molecule has 9 heteroatoms. The maximum atomic E-state index is 14.9. The molecule has 0 amide bonds. The molecule has 2 aromatic carbocycles. The third kappa shape index (κ3) is 4.96. The highest BCUT2D eigenvalue weighted by molar-refractivity contribution is 5.86. The first-order chi connectivity index (χ1) is 16.9. The Morgan fingerprint density at radius 1 is 1.03 bits per heavy atom. The standard InChI is InChI=1S/C27H24F4N2O3/c1-15-7-23-18(11-24(15)35-4)8-19(14-32-23)16-5-6-17(22(28)10-16)9-21(34)12-20-13-25(36-33-20)26(2,3)27(29,30)31/h5-8,10-11,13-14H,9,12H2,1-4H3. The number of rotatable bonds is 7. The molecule has 36 heavy (non-hydrogen) atoms. The summed E-state index contributed by atoms with van der Waals surface area (Å²) >= 11 is 0. The van der Waals surface area contributed by atoms with Gasteiger partial charge in [-0.15, -0.1) is 0 Å². The first kappa shape index (κ1) is 25.3. The van der Waals surface area contributed by atoms with Gasteiger partial charge in [-0.25, -0.2) is 4.39 Å². The van der Waals surface area contributed by atoms with E-state index in [2.05, 4.69) is 10.1 Å². The number of aryl methyl sites for hydroxylation is 1. The van der Waals surface area contributed by atoms with Gasteiger partial charge in [0.15, 0.2) is 5.76 Å². The molecule has 0 aliphatic rings. The number of carbonyl (C=O) groups is 1. The molecule has 2 aromatic heterocycles. The summed E-state index contributed by atoms with van der Waals surface area (Å²) in [5.41, 5.74) is 1.03. The Hall–Kier alpha value is -3.75. The number of hydrogen-bond donors (Lipinski definition) is 0. The lowest BCUT2D eigenvalue weighted by Gasteiger charge is -2.24. The second-order valence-electron chi connectivity index (χ2n) is 9.24. The molecule has 0 aliphatic carbocycles. The van der Waals surface area contributed by atoms with Gasteiger partial charge < -0.3 is 9.26 Å². The van der Waals surface area contributed by atoms with Crippen LogP contribution in [0.15, 0.2) is 53.2 Å². The fraction of sp³-hybridized carbons (Fsp3) is 0.296. The lowest BCUT2D eigenvalue weighted by Crippen LogP contribution is -2.35. The van der Waals surface area contributed by atoms with Crippen molar-refractivity contribution in [3.63, 3.8) is 0 Å². The molecule has 5 nitrogen and oxygen atoms in total. The van der Waals surface area contributed by atoms with Gasteiger partial charge in [0, 0.05) is 29.6 Å². The maximum Gasteiger partial charge on any atom is 0.401 e. The fourth-order valence-electron chi connectivity index (χ4n) is 3.81. The van der Waals surface area contributed by atoms with E-state index in [4.69, 9.17) is 9.26 Å². The second kappa shape index (κ2) is 9.37. The summed E-state index contributed by atoms with van der Waals surface area (Å²) in [7, 11) is 1.59. The molecule has 0 bridgehead atoms. The number of carbonyl (C=O) groups excluding carboxylic acids is 1. The van der Waals surface area contributed by atoms with Crippen LogP contribution in [0, 0.1) is 12.7 Å². The highest BCUT2D eigenvalue weighted by atomic mass is 19.4. The van der Waals surface area contributed by atoms with Crippen molar-refractivity contribution in [2.75, 3.05) is 7.11 Å². The van der Waals surface area contributed by atoms with Gasteiger partial charge in [-0.1, -0.05) is 17.3 Å². The van der Waals surface area contributed by atoms with Crippen LogP contribution in [-0.4, -0.2) is 29.2 Å². The predicted molar refractivity (Wildman–Crippen MR) is 126 cm³/mol. The van der Waals surface area contributed by atoms with Crippen molar-refractivity contribution in [2.24, 2.45) is 0 Å². The number of alkyl halides is 3. The molecule has 0 aliphatic heterocycles. The topological polar surface area (TPSA) is 65.2 Å². The summed E-state index contributed by atoms with van der Waals surface area (Å²) in [5.74, 6) is -0.629. The molecule has 0 saturated carbocycles. The van der Waals surface area contributed by atoms with Gasteiger partial charge in [0.25, 0.3) is 0 Å². The van der Waals surface area contributed by atoms with Gasteiger partial charge in [-0.05, 0) is 61.7 Å². The number of Topliss-reactive ketones (excluding diaryl/α,β-unsaturated/α-hetero) is 1. The Morgan fingerprint density at radius 2 is 1.78 bits per heavy atom. The van der Waals surface area contributed by atoms with Crippen LogP contribution in [0.4, 0.5) is 17.6 Å². The zero-order valence-electron chi connectivity index (χ0n) is 20.2. The number of nitrogens with zero attached hydrogens (tertiary/aromatic N) is 2. The van der Waals surface area contributed by atoms with Crippen molar-refractivity contribution in [2.45, 2.75) is 45.2 Å². The van der Waals surface area contributed by atoms with Gasteiger partial charge >= 0.3 is 6.18 Å². The predicted octanol–water partition coefficient (Wildman–Crippen LogP) is 6.54. The van der Waals surface area contributed by atoms with Crippen molar-refractivity contribution in [3.8, 4) is 16.9 Å². The van der Waals surface area contributed by atoms with Gasteiger partial charge in [0.05, 0.1) is 24.7 Å². The van der Waals surface area contributed by atoms with E-state index in [1.807, 2.05) is 25.1 Å². The van der Waals surface area contributed by atoms with Crippen LogP contribution in [0.25, 0.3) is 22.0 Å². The van der Waals surface area contributed by atoms with Crippen LogP contribution < -0.4 is 4.74 Å². The number of ketones is 1. The van der Waals surface area contributed by atoms with Gasteiger partial charge in [-0.3, -0.25) is 9.78 Å². The number of benzene rings is 2. The van der Waals surface area contributed by atoms with Gasteiger partial charge in [0.1, 0.15) is 22.8 Å². The summed E-state index contributed by atoms with van der Waals surface area (Å²) in [6, 6.07) is 11.3. The highest BCUT2D eigenvalue weighted by Crippen LogP contribution is 2.40. The Balaban J connectivity index is 1.49. The Morgan fingerprint density at radius 3 is 2.44 bits per heavy atom. The quantitative estimate of drug-likeness (QED) is 0.270. The van der Waals surface area contributed by atoms with Crippen molar-refractivity contribution in [1.29, 1.82) is 0 Å². The largest absolute Gasteiger partial charge is 0.496 e. The zero-order valence-corrected chi connectivity index (χ0v) is 20.2. The Bertz CT molecular complexity index is 1440. The van der Waals surface area contributed by atoms with Crippen LogP contribution in [-0.2, 0) is 23.1 Å². The number of aromatic nitrogens is 2. The molecule has 4 rings (SSSR count). The van der Waals surface area contributed by atoms with E-state index >= 15 is 0 Å². The minimum absolute atomic E-state index is 0.0669.